The van der Waals surface area contributed by atoms with E-state index in [0.29, 0.717) is 23.0 Å². The Morgan fingerprint density at radius 1 is 1.19 bits per heavy atom. The minimum absolute atomic E-state index is 0.244. The van der Waals surface area contributed by atoms with E-state index in [1.165, 1.54) is 31.9 Å². The van der Waals surface area contributed by atoms with E-state index in [9.17, 15) is 4.39 Å². The molecule has 116 valence electrons. The van der Waals surface area contributed by atoms with Crippen LogP contribution in [0.1, 0.15) is 33.1 Å². The number of fused-ring (bicyclic) bond motifs is 1. The quantitative estimate of drug-likeness (QED) is 0.808. The van der Waals surface area contributed by atoms with Crippen LogP contribution in [0.3, 0.4) is 0 Å². The van der Waals surface area contributed by atoms with Gasteiger partial charge in [0.15, 0.2) is 0 Å². The smallest absolute Gasteiger partial charge is 0.126 e. The van der Waals surface area contributed by atoms with E-state index in [1.54, 1.807) is 6.07 Å². The molecule has 0 bridgehead atoms. The number of benzene rings is 1. The fourth-order valence-electron chi connectivity index (χ4n) is 3.78. The molecule has 2 saturated heterocycles. The summed E-state index contributed by atoms with van der Waals surface area (Å²) < 4.78 is 13.7. The number of hydrogen-bond donors (Lipinski definition) is 0. The molecule has 2 unspecified atom stereocenters. The van der Waals surface area contributed by atoms with Crippen molar-refractivity contribution in [2.45, 2.75) is 45.2 Å². The van der Waals surface area contributed by atoms with Crippen molar-refractivity contribution in [3.63, 3.8) is 0 Å². The van der Waals surface area contributed by atoms with E-state index in [2.05, 4.69) is 23.6 Å². The number of anilines is 1. The molecule has 0 aliphatic carbocycles. The van der Waals surface area contributed by atoms with Crippen LogP contribution in [0.15, 0.2) is 18.2 Å². The molecule has 0 saturated carbocycles. The van der Waals surface area contributed by atoms with Crippen molar-refractivity contribution in [2.24, 2.45) is 5.92 Å². The SMILES string of the molecule is CC(C)C1CN2CCCCC2CN1c1cc(F)cc(Cl)c1. The van der Waals surface area contributed by atoms with Gasteiger partial charge in [-0.3, -0.25) is 4.90 Å². The Morgan fingerprint density at radius 2 is 2.00 bits per heavy atom. The van der Waals surface area contributed by atoms with Gasteiger partial charge in [0.05, 0.1) is 0 Å². The van der Waals surface area contributed by atoms with Gasteiger partial charge in [0, 0.05) is 35.9 Å². The molecule has 4 heteroatoms. The molecule has 2 nitrogen and oxygen atoms in total. The fourth-order valence-corrected chi connectivity index (χ4v) is 4.00. The van der Waals surface area contributed by atoms with Gasteiger partial charge in [-0.2, -0.15) is 0 Å². The van der Waals surface area contributed by atoms with Gasteiger partial charge >= 0.3 is 0 Å². The van der Waals surface area contributed by atoms with E-state index in [-0.39, 0.29) is 5.82 Å². The maximum Gasteiger partial charge on any atom is 0.126 e. The van der Waals surface area contributed by atoms with Gasteiger partial charge < -0.3 is 4.90 Å². The van der Waals surface area contributed by atoms with E-state index < -0.39 is 0 Å². The summed E-state index contributed by atoms with van der Waals surface area (Å²) in [5.41, 5.74) is 0.934. The molecule has 21 heavy (non-hydrogen) atoms. The standard InChI is InChI=1S/C17H24ClFN2/c1-12(2)17-11-20-6-4-3-5-15(20)10-21(17)16-8-13(18)7-14(19)9-16/h7-9,12,15,17H,3-6,10-11H2,1-2H3. The van der Waals surface area contributed by atoms with E-state index in [4.69, 9.17) is 11.6 Å². The largest absolute Gasteiger partial charge is 0.365 e. The normalized spacial score (nSPS) is 27.0. The fraction of sp³-hybridized carbons (Fsp3) is 0.647. The highest BCUT2D eigenvalue weighted by molar-refractivity contribution is 6.30. The summed E-state index contributed by atoms with van der Waals surface area (Å²) in [6.45, 7) is 7.79. The first-order chi connectivity index (χ1) is 10.0. The Kier molecular flexibility index (Phi) is 4.41. The molecule has 2 heterocycles. The molecule has 0 N–H and O–H groups in total. The third-order valence-corrected chi connectivity index (χ3v) is 5.15. The van der Waals surface area contributed by atoms with Gasteiger partial charge in [-0.05, 0) is 43.5 Å². The summed E-state index contributed by atoms with van der Waals surface area (Å²) in [7, 11) is 0. The van der Waals surface area contributed by atoms with Crippen molar-refractivity contribution in [3.05, 3.63) is 29.0 Å². The first-order valence-corrected chi connectivity index (χ1v) is 8.39. The van der Waals surface area contributed by atoms with E-state index >= 15 is 0 Å². The number of piperazine rings is 1. The van der Waals surface area contributed by atoms with Gasteiger partial charge in [-0.1, -0.05) is 31.9 Å². The summed E-state index contributed by atoms with van der Waals surface area (Å²) >= 11 is 6.06. The number of piperidine rings is 1. The zero-order valence-corrected chi connectivity index (χ0v) is 13.6. The lowest BCUT2D eigenvalue weighted by Gasteiger charge is -2.50. The lowest BCUT2D eigenvalue weighted by Crippen LogP contribution is -2.61. The zero-order chi connectivity index (χ0) is 15.0. The molecule has 0 radical (unpaired) electrons. The van der Waals surface area contributed by atoms with Gasteiger partial charge in [0.2, 0.25) is 0 Å². The van der Waals surface area contributed by atoms with E-state index in [1.807, 2.05) is 6.07 Å². The summed E-state index contributed by atoms with van der Waals surface area (Å²) in [5.74, 6) is 0.293. The van der Waals surface area contributed by atoms with Crippen molar-refractivity contribution in [3.8, 4) is 0 Å². The second kappa shape index (κ2) is 6.13. The van der Waals surface area contributed by atoms with Crippen LogP contribution >= 0.6 is 11.6 Å². The highest BCUT2D eigenvalue weighted by atomic mass is 35.5. The van der Waals surface area contributed by atoms with Gasteiger partial charge in [0.25, 0.3) is 0 Å². The molecule has 3 rings (SSSR count). The third kappa shape index (κ3) is 3.19. The van der Waals surface area contributed by atoms with Gasteiger partial charge in [0.1, 0.15) is 5.82 Å². The molecular weight excluding hydrogens is 287 g/mol. The van der Waals surface area contributed by atoms with Crippen LogP contribution in [0.5, 0.6) is 0 Å². The van der Waals surface area contributed by atoms with Gasteiger partial charge in [-0.25, -0.2) is 4.39 Å². The van der Waals surface area contributed by atoms with Crippen LogP contribution in [0, 0.1) is 11.7 Å². The topological polar surface area (TPSA) is 6.48 Å². The summed E-state index contributed by atoms with van der Waals surface area (Å²) in [4.78, 5) is 5.01. The second-order valence-electron chi connectivity index (χ2n) is 6.74. The van der Waals surface area contributed by atoms with Crippen molar-refractivity contribution in [1.29, 1.82) is 0 Å². The molecule has 2 aliphatic heterocycles. The Labute approximate surface area is 131 Å². The van der Waals surface area contributed by atoms with Crippen LogP contribution in [0.2, 0.25) is 5.02 Å². The molecule has 2 fully saturated rings. The number of rotatable bonds is 2. The molecule has 0 amide bonds. The molecule has 1 aromatic carbocycles. The molecule has 0 aromatic heterocycles. The number of halogens is 2. The third-order valence-electron chi connectivity index (χ3n) is 4.93. The van der Waals surface area contributed by atoms with Crippen LogP contribution < -0.4 is 4.90 Å². The average molecular weight is 311 g/mol. The molecule has 2 atom stereocenters. The van der Waals surface area contributed by atoms with Crippen LogP contribution in [-0.2, 0) is 0 Å². The molecule has 1 aromatic rings. The first kappa shape index (κ1) is 15.1. The lowest BCUT2D eigenvalue weighted by molar-refractivity contribution is 0.100. The number of hydrogen-bond acceptors (Lipinski definition) is 2. The zero-order valence-electron chi connectivity index (χ0n) is 12.9. The van der Waals surface area contributed by atoms with Crippen LogP contribution in [-0.4, -0.2) is 36.6 Å². The average Bonchev–Trinajstić information content (AvgIpc) is 2.44. The Bertz CT molecular complexity index is 485. The Hall–Kier alpha value is -0.800. The molecule has 2 aliphatic rings. The monoisotopic (exact) mass is 310 g/mol. The highest BCUT2D eigenvalue weighted by Gasteiger charge is 2.36. The summed E-state index contributed by atoms with van der Waals surface area (Å²) in [6.07, 6.45) is 3.88. The molecule has 0 spiro atoms. The lowest BCUT2D eigenvalue weighted by atomic mass is 9.91. The predicted molar refractivity (Wildman–Crippen MR) is 86.6 cm³/mol. The Morgan fingerprint density at radius 3 is 2.71 bits per heavy atom. The minimum atomic E-state index is -0.244. The van der Waals surface area contributed by atoms with Crippen molar-refractivity contribution in [2.75, 3.05) is 24.5 Å². The van der Waals surface area contributed by atoms with Crippen LogP contribution in [0.4, 0.5) is 10.1 Å². The second-order valence-corrected chi connectivity index (χ2v) is 7.17. The van der Waals surface area contributed by atoms with Crippen LogP contribution in [0.25, 0.3) is 0 Å². The van der Waals surface area contributed by atoms with Crippen molar-refractivity contribution >= 4 is 17.3 Å². The molecular formula is C17H24ClFN2. The predicted octanol–water partition coefficient (Wildman–Crippen LogP) is 4.18. The maximum absolute atomic E-state index is 13.7. The summed E-state index contributed by atoms with van der Waals surface area (Å²) in [6, 6.07) is 5.94. The number of nitrogens with zero attached hydrogens (tertiary/aromatic N) is 2. The van der Waals surface area contributed by atoms with Crippen molar-refractivity contribution < 1.29 is 4.39 Å². The summed E-state index contributed by atoms with van der Waals surface area (Å²) in [5, 5.41) is 0.485. The first-order valence-electron chi connectivity index (χ1n) is 8.01. The van der Waals surface area contributed by atoms with Gasteiger partial charge in [-0.15, -0.1) is 0 Å². The van der Waals surface area contributed by atoms with E-state index in [0.717, 1.165) is 18.8 Å². The minimum Gasteiger partial charge on any atom is -0.365 e. The van der Waals surface area contributed by atoms with Crippen molar-refractivity contribution in [1.82, 2.24) is 4.90 Å². The maximum atomic E-state index is 13.7. The Balaban J connectivity index is 1.89. The highest BCUT2D eigenvalue weighted by Crippen LogP contribution is 2.32.